The monoisotopic (exact) mass is 337 g/mol. The molecule has 0 aliphatic carbocycles. The molecule has 2 rings (SSSR count). The van der Waals surface area contributed by atoms with Gasteiger partial charge in [0.2, 0.25) is 5.91 Å². The first-order chi connectivity index (χ1) is 11.3. The molecule has 0 radical (unpaired) electrons. The Balaban J connectivity index is 2.06. The second-order valence-electron chi connectivity index (χ2n) is 5.38. The van der Waals surface area contributed by atoms with Crippen LogP contribution in [0.1, 0.15) is 25.8 Å². The van der Waals surface area contributed by atoms with E-state index in [1.807, 2.05) is 0 Å². The Morgan fingerprint density at radius 3 is 2.71 bits per heavy atom. The Kier molecular flexibility index (Phi) is 5.47. The minimum atomic E-state index is -0.938. The van der Waals surface area contributed by atoms with Crippen LogP contribution in [0.4, 0.5) is 5.69 Å². The molecule has 24 heavy (non-hydrogen) atoms. The Labute approximate surface area is 138 Å². The van der Waals surface area contributed by atoms with Crippen molar-refractivity contribution in [1.82, 2.24) is 5.43 Å². The lowest BCUT2D eigenvalue weighted by molar-refractivity contribution is -0.385. The first-order valence-electron chi connectivity index (χ1n) is 7.28. The van der Waals surface area contributed by atoms with Gasteiger partial charge in [-0.1, -0.05) is 0 Å². The molecule has 1 amide bonds. The third kappa shape index (κ3) is 4.27. The van der Waals surface area contributed by atoms with E-state index in [2.05, 4.69) is 10.5 Å². The number of carbonyl (C=O) groups excluding carboxylic acids is 1. The SMILES string of the molecule is COc1ccc(C(C)=NNC(=O)CC2(C)OCCO2)cc1[N+](=O)[O-]. The standard InChI is InChI=1S/C15H19N3O6/c1-10(11-4-5-13(22-3)12(8-11)18(20)21)16-17-14(19)9-15(2)23-6-7-24-15/h4-5,8H,6-7,9H2,1-3H3,(H,17,19). The number of hydrogen-bond acceptors (Lipinski definition) is 7. The Morgan fingerprint density at radius 2 is 2.12 bits per heavy atom. The topological polar surface area (TPSA) is 112 Å². The second-order valence-corrected chi connectivity index (χ2v) is 5.38. The molecular formula is C15H19N3O6. The summed E-state index contributed by atoms with van der Waals surface area (Å²) in [5.74, 6) is -1.15. The van der Waals surface area contributed by atoms with E-state index < -0.39 is 10.7 Å². The Morgan fingerprint density at radius 1 is 1.46 bits per heavy atom. The molecule has 0 unspecified atom stereocenters. The van der Waals surface area contributed by atoms with E-state index in [1.165, 1.54) is 19.2 Å². The molecule has 130 valence electrons. The van der Waals surface area contributed by atoms with Gasteiger partial charge in [-0.05, 0) is 26.0 Å². The number of nitrogens with zero attached hydrogens (tertiary/aromatic N) is 2. The number of nitro benzene ring substituents is 1. The third-order valence-corrected chi connectivity index (χ3v) is 3.52. The molecule has 0 saturated carbocycles. The van der Waals surface area contributed by atoms with Gasteiger partial charge < -0.3 is 14.2 Å². The van der Waals surface area contributed by atoms with Crippen molar-refractivity contribution in [3.63, 3.8) is 0 Å². The molecular weight excluding hydrogens is 318 g/mol. The summed E-state index contributed by atoms with van der Waals surface area (Å²) in [5, 5.41) is 15.0. The number of amides is 1. The lowest BCUT2D eigenvalue weighted by atomic mass is 10.1. The number of rotatable bonds is 6. The van der Waals surface area contributed by atoms with Crippen LogP contribution in [0.3, 0.4) is 0 Å². The van der Waals surface area contributed by atoms with Crippen LogP contribution in [0.2, 0.25) is 0 Å². The predicted molar refractivity (Wildman–Crippen MR) is 84.9 cm³/mol. The zero-order valence-electron chi connectivity index (χ0n) is 13.7. The quantitative estimate of drug-likeness (QED) is 0.479. The molecule has 1 aromatic carbocycles. The smallest absolute Gasteiger partial charge is 0.311 e. The number of nitro groups is 1. The van der Waals surface area contributed by atoms with Gasteiger partial charge in [0.05, 0.1) is 37.4 Å². The molecule has 0 bridgehead atoms. The molecule has 1 N–H and O–H groups in total. The fraction of sp³-hybridized carbons (Fsp3) is 0.467. The summed E-state index contributed by atoms with van der Waals surface area (Å²) >= 11 is 0. The zero-order valence-corrected chi connectivity index (χ0v) is 13.7. The van der Waals surface area contributed by atoms with Gasteiger partial charge in [-0.15, -0.1) is 0 Å². The van der Waals surface area contributed by atoms with Crippen LogP contribution in [0.5, 0.6) is 5.75 Å². The molecule has 0 spiro atoms. The lowest BCUT2D eigenvalue weighted by Gasteiger charge is -2.20. The summed E-state index contributed by atoms with van der Waals surface area (Å²) in [4.78, 5) is 22.4. The molecule has 0 atom stereocenters. The second kappa shape index (κ2) is 7.37. The van der Waals surface area contributed by atoms with Gasteiger partial charge >= 0.3 is 5.69 Å². The van der Waals surface area contributed by atoms with Crippen LogP contribution in [0, 0.1) is 10.1 Å². The van der Waals surface area contributed by atoms with Crippen LogP contribution in [-0.2, 0) is 14.3 Å². The highest BCUT2D eigenvalue weighted by Crippen LogP contribution is 2.27. The van der Waals surface area contributed by atoms with Gasteiger partial charge in [0, 0.05) is 11.6 Å². The van der Waals surface area contributed by atoms with Gasteiger partial charge in [0.1, 0.15) is 0 Å². The average Bonchev–Trinajstić information content (AvgIpc) is 2.97. The molecule has 1 saturated heterocycles. The molecule has 9 nitrogen and oxygen atoms in total. The number of nitrogens with one attached hydrogen (secondary N) is 1. The number of hydrogen-bond donors (Lipinski definition) is 1. The minimum absolute atomic E-state index is 0.00649. The van der Waals surface area contributed by atoms with Crippen molar-refractivity contribution in [2.24, 2.45) is 5.10 Å². The maximum absolute atomic E-state index is 11.9. The van der Waals surface area contributed by atoms with Crippen LogP contribution in [0.15, 0.2) is 23.3 Å². The first kappa shape index (κ1) is 17.8. The van der Waals surface area contributed by atoms with Crippen molar-refractivity contribution in [1.29, 1.82) is 0 Å². The summed E-state index contributed by atoms with van der Waals surface area (Å²) < 4.78 is 15.6. The zero-order chi connectivity index (χ0) is 17.7. The highest BCUT2D eigenvalue weighted by molar-refractivity contribution is 6.00. The first-order valence-corrected chi connectivity index (χ1v) is 7.28. The van der Waals surface area contributed by atoms with Crippen LogP contribution in [-0.4, -0.2) is 42.7 Å². The van der Waals surface area contributed by atoms with Crippen molar-refractivity contribution >= 4 is 17.3 Å². The maximum Gasteiger partial charge on any atom is 0.311 e. The van der Waals surface area contributed by atoms with Crippen molar-refractivity contribution in [3.8, 4) is 5.75 Å². The average molecular weight is 337 g/mol. The normalized spacial score (nSPS) is 16.7. The molecule has 1 fully saturated rings. The fourth-order valence-corrected chi connectivity index (χ4v) is 2.26. The van der Waals surface area contributed by atoms with E-state index in [1.54, 1.807) is 19.9 Å². The van der Waals surface area contributed by atoms with Crippen LogP contribution < -0.4 is 10.2 Å². The van der Waals surface area contributed by atoms with Gasteiger partial charge in [-0.2, -0.15) is 5.10 Å². The molecule has 1 aromatic rings. The van der Waals surface area contributed by atoms with Gasteiger partial charge in [-0.25, -0.2) is 5.43 Å². The highest BCUT2D eigenvalue weighted by atomic mass is 16.7. The van der Waals surface area contributed by atoms with E-state index in [0.29, 0.717) is 24.5 Å². The fourth-order valence-electron chi connectivity index (χ4n) is 2.26. The molecule has 0 aromatic heterocycles. The van der Waals surface area contributed by atoms with E-state index in [-0.39, 0.29) is 23.8 Å². The molecule has 1 aliphatic rings. The van der Waals surface area contributed by atoms with Crippen LogP contribution >= 0.6 is 0 Å². The van der Waals surface area contributed by atoms with Crippen molar-refractivity contribution in [2.75, 3.05) is 20.3 Å². The van der Waals surface area contributed by atoms with E-state index in [9.17, 15) is 14.9 Å². The number of methoxy groups -OCH3 is 1. The number of ether oxygens (including phenoxy) is 3. The Hall–Kier alpha value is -2.52. The van der Waals surface area contributed by atoms with Gasteiger partial charge in [0.15, 0.2) is 11.5 Å². The highest BCUT2D eigenvalue weighted by Gasteiger charge is 2.33. The summed E-state index contributed by atoms with van der Waals surface area (Å²) in [5.41, 5.74) is 3.15. The van der Waals surface area contributed by atoms with E-state index in [0.717, 1.165) is 0 Å². The number of hydrazone groups is 1. The van der Waals surface area contributed by atoms with E-state index >= 15 is 0 Å². The van der Waals surface area contributed by atoms with Crippen molar-refractivity contribution < 1.29 is 23.9 Å². The third-order valence-electron chi connectivity index (χ3n) is 3.52. The molecule has 1 heterocycles. The largest absolute Gasteiger partial charge is 0.490 e. The lowest BCUT2D eigenvalue weighted by Crippen LogP contribution is -2.33. The predicted octanol–water partition coefficient (Wildman–Crippen LogP) is 1.60. The molecule has 1 aliphatic heterocycles. The van der Waals surface area contributed by atoms with E-state index in [4.69, 9.17) is 14.2 Å². The summed E-state index contributed by atoms with van der Waals surface area (Å²) in [6.07, 6.45) is 0.00649. The molecule has 9 heteroatoms. The Bertz CT molecular complexity index is 667. The van der Waals surface area contributed by atoms with Crippen LogP contribution in [0.25, 0.3) is 0 Å². The summed E-state index contributed by atoms with van der Waals surface area (Å²) in [6.45, 7) is 4.21. The number of carbonyl (C=O) groups is 1. The summed E-state index contributed by atoms with van der Waals surface area (Å²) in [6, 6.07) is 4.45. The maximum atomic E-state index is 11.9. The van der Waals surface area contributed by atoms with Gasteiger partial charge in [-0.3, -0.25) is 14.9 Å². The van der Waals surface area contributed by atoms with Gasteiger partial charge in [0.25, 0.3) is 0 Å². The van der Waals surface area contributed by atoms with Crippen molar-refractivity contribution in [3.05, 3.63) is 33.9 Å². The van der Waals surface area contributed by atoms with Crippen molar-refractivity contribution in [2.45, 2.75) is 26.1 Å². The summed E-state index contributed by atoms with van der Waals surface area (Å²) in [7, 11) is 1.36. The number of benzene rings is 1. The minimum Gasteiger partial charge on any atom is -0.490 e.